The van der Waals surface area contributed by atoms with E-state index in [9.17, 15) is 0 Å². The monoisotopic (exact) mass is 348 g/mol. The molecule has 26 heavy (non-hydrogen) atoms. The van der Waals surface area contributed by atoms with Crippen molar-refractivity contribution in [2.24, 2.45) is 14.1 Å². The van der Waals surface area contributed by atoms with Gasteiger partial charge in [-0.3, -0.25) is 4.40 Å². The number of pyridine rings is 1. The molecule has 3 aromatic heterocycles. The molecule has 0 N–H and O–H groups in total. The van der Waals surface area contributed by atoms with Crippen LogP contribution in [0.5, 0.6) is 0 Å². The summed E-state index contributed by atoms with van der Waals surface area (Å²) in [5.41, 5.74) is 7.11. The van der Waals surface area contributed by atoms with Crippen molar-refractivity contribution in [3.05, 3.63) is 65.1 Å². The van der Waals surface area contributed by atoms with Gasteiger partial charge in [0.15, 0.2) is 0 Å². The molecule has 1 aromatic carbocycles. The lowest BCUT2D eigenvalue weighted by Crippen LogP contribution is -2.36. The molecule has 0 atom stereocenters. The lowest BCUT2D eigenvalue weighted by molar-refractivity contribution is -0.650. The molecule has 0 aliphatic heterocycles. The van der Waals surface area contributed by atoms with Gasteiger partial charge in [0.05, 0.1) is 0 Å². The first-order valence-electron chi connectivity index (χ1n) is 10.2. The number of hydrogen-bond acceptors (Lipinski definition) is 1. The molecule has 0 fully saturated rings. The quantitative estimate of drug-likeness (QED) is 0.502. The summed E-state index contributed by atoms with van der Waals surface area (Å²) in [7, 11) is 3.92. The number of fused-ring (bicyclic) bond motifs is 1. The highest BCUT2D eigenvalue weighted by Gasteiger charge is 2.26. The van der Waals surface area contributed by atoms with Gasteiger partial charge in [-0.1, -0.05) is 17.7 Å². The van der Waals surface area contributed by atoms with Gasteiger partial charge in [-0.2, -0.15) is 4.57 Å². The van der Waals surface area contributed by atoms with Gasteiger partial charge in [0.2, 0.25) is 17.2 Å². The zero-order chi connectivity index (χ0) is 21.1. The third kappa shape index (κ3) is 2.37. The average molecular weight is 348 g/mol. The minimum Gasteiger partial charge on any atom is -0.308 e. The maximum atomic E-state index is 8.15. The summed E-state index contributed by atoms with van der Waals surface area (Å²) < 4.78 is 30.5. The number of hydrogen-bond donors (Lipinski definition) is 0. The normalized spacial score (nSPS) is 13.7. The lowest BCUT2D eigenvalue weighted by Gasteiger charge is -2.13. The van der Waals surface area contributed by atoms with Crippen LogP contribution in [0, 0.1) is 27.6 Å². The third-order valence-corrected chi connectivity index (χ3v) is 5.11. The van der Waals surface area contributed by atoms with E-state index < -0.39 is 6.85 Å². The fourth-order valence-corrected chi connectivity index (χ4v) is 3.90. The Hall–Kier alpha value is -2.88. The highest BCUT2D eigenvalue weighted by Crippen LogP contribution is 2.29. The van der Waals surface area contributed by atoms with Crippen LogP contribution >= 0.6 is 0 Å². The van der Waals surface area contributed by atoms with Crippen molar-refractivity contribution in [1.82, 2.24) is 14.0 Å². The summed E-state index contributed by atoms with van der Waals surface area (Å²) in [5, 5.41) is 0. The van der Waals surface area contributed by atoms with E-state index in [1.165, 1.54) is 0 Å². The summed E-state index contributed by atoms with van der Waals surface area (Å²) >= 11 is 0. The molecule has 0 unspecified atom stereocenters. The summed E-state index contributed by atoms with van der Waals surface area (Å²) in [6.45, 7) is 3.83. The van der Waals surface area contributed by atoms with E-state index in [1.54, 1.807) is 6.20 Å². The first kappa shape index (κ1) is 13.3. The molecule has 3 heterocycles. The number of aromatic nitrogens is 4. The van der Waals surface area contributed by atoms with Crippen LogP contribution in [0.4, 0.5) is 0 Å². The lowest BCUT2D eigenvalue weighted by atomic mass is 9.97. The van der Waals surface area contributed by atoms with Crippen LogP contribution < -0.4 is 4.57 Å². The Labute approximate surface area is 158 Å². The van der Waals surface area contributed by atoms with Crippen LogP contribution in [0.1, 0.15) is 26.4 Å². The van der Waals surface area contributed by atoms with Crippen LogP contribution in [-0.4, -0.2) is 14.0 Å². The number of aryl methyl sites for hydroxylation is 5. The molecule has 0 saturated heterocycles. The molecule has 132 valence electrons. The van der Waals surface area contributed by atoms with E-state index in [-0.39, 0.29) is 0 Å². The van der Waals surface area contributed by atoms with E-state index in [0.29, 0.717) is 5.56 Å². The van der Waals surface area contributed by atoms with E-state index in [0.717, 1.165) is 45.1 Å². The molecule has 0 radical (unpaired) electrons. The van der Waals surface area contributed by atoms with E-state index in [1.807, 2.05) is 79.0 Å². The van der Waals surface area contributed by atoms with Crippen molar-refractivity contribution in [1.29, 1.82) is 0 Å². The van der Waals surface area contributed by atoms with Gasteiger partial charge < -0.3 is 4.57 Å². The Morgan fingerprint density at radius 2 is 1.85 bits per heavy atom. The Balaban J connectivity index is 2.09. The van der Waals surface area contributed by atoms with Gasteiger partial charge >= 0.3 is 0 Å². The molecule has 0 aliphatic carbocycles. The minimum atomic E-state index is -2.21. The molecule has 0 saturated carbocycles. The Morgan fingerprint density at radius 3 is 2.54 bits per heavy atom. The second kappa shape index (κ2) is 5.84. The van der Waals surface area contributed by atoms with Gasteiger partial charge in [-0.15, -0.1) is 0 Å². The number of imidazole rings is 2. The fraction of sp³-hybridized carbons (Fsp3) is 0.273. The van der Waals surface area contributed by atoms with Gasteiger partial charge in [0.25, 0.3) is 0 Å². The average Bonchev–Trinajstić information content (AvgIpc) is 3.19. The number of nitrogens with zero attached hydrogens (tertiary/aromatic N) is 4. The van der Waals surface area contributed by atoms with E-state index in [2.05, 4.69) is 11.1 Å². The molecule has 0 amide bonds. The Morgan fingerprint density at radius 1 is 1.04 bits per heavy atom. The molecule has 4 nitrogen and oxygen atoms in total. The van der Waals surface area contributed by atoms with E-state index >= 15 is 0 Å². The van der Waals surface area contributed by atoms with Crippen molar-refractivity contribution in [3.8, 4) is 22.6 Å². The van der Waals surface area contributed by atoms with Crippen LogP contribution in [-0.2, 0) is 14.1 Å². The van der Waals surface area contributed by atoms with Crippen molar-refractivity contribution in [3.63, 3.8) is 0 Å². The van der Waals surface area contributed by atoms with Crippen molar-refractivity contribution in [2.75, 3.05) is 0 Å². The van der Waals surface area contributed by atoms with Crippen molar-refractivity contribution >= 4 is 5.78 Å². The second-order valence-corrected chi connectivity index (χ2v) is 7.02. The molecule has 0 spiro atoms. The Kier molecular flexibility index (Phi) is 2.99. The number of rotatable bonds is 2. The fourth-order valence-electron chi connectivity index (χ4n) is 3.90. The predicted molar refractivity (Wildman–Crippen MR) is 105 cm³/mol. The van der Waals surface area contributed by atoms with Crippen molar-refractivity contribution in [2.45, 2.75) is 27.6 Å². The standard InChI is InChI=1S/C22H25N4/c1-14-7-8-18(15(2)11-14)20-16(3)12-17(4)21(25(20)6)19-13-26-10-9-23-22(26)24(19)5/h7-13H,1-6H3/q+1/i3D3. The third-order valence-electron chi connectivity index (χ3n) is 5.11. The minimum absolute atomic E-state index is 0.368. The predicted octanol–water partition coefficient (Wildman–Crippen LogP) is 4.06. The zero-order valence-corrected chi connectivity index (χ0v) is 15.8. The topological polar surface area (TPSA) is 26.1 Å². The summed E-state index contributed by atoms with van der Waals surface area (Å²) in [6, 6.07) is 7.95. The van der Waals surface area contributed by atoms with Gasteiger partial charge in [0.1, 0.15) is 12.7 Å². The highest BCUT2D eigenvalue weighted by molar-refractivity contribution is 5.68. The Bertz CT molecular complexity index is 1250. The van der Waals surface area contributed by atoms with Crippen LogP contribution in [0.3, 0.4) is 0 Å². The SMILES string of the molecule is [2H]C([2H])([2H])c1cc(C)c(-c2cn3ccnc3n2C)[n+](C)c1-c1ccc(C)cc1C. The smallest absolute Gasteiger partial charge is 0.233 e. The van der Waals surface area contributed by atoms with E-state index in [4.69, 9.17) is 4.11 Å². The largest absolute Gasteiger partial charge is 0.308 e. The number of benzene rings is 1. The molecule has 4 aromatic rings. The first-order valence-corrected chi connectivity index (χ1v) is 8.70. The van der Waals surface area contributed by atoms with Crippen LogP contribution in [0.2, 0.25) is 0 Å². The molecule has 4 rings (SSSR count). The van der Waals surface area contributed by atoms with Crippen LogP contribution in [0.25, 0.3) is 28.4 Å². The highest BCUT2D eigenvalue weighted by atomic mass is 15.2. The van der Waals surface area contributed by atoms with Gasteiger partial charge in [-0.25, -0.2) is 4.98 Å². The summed E-state index contributed by atoms with van der Waals surface area (Å²) in [5.74, 6) is 0.840. The summed E-state index contributed by atoms with van der Waals surface area (Å²) in [6.07, 6.45) is 5.71. The maximum Gasteiger partial charge on any atom is 0.233 e. The van der Waals surface area contributed by atoms with Gasteiger partial charge in [0, 0.05) is 46.4 Å². The molecule has 4 heteroatoms. The molecule has 0 bridgehead atoms. The molecular weight excluding hydrogens is 320 g/mol. The van der Waals surface area contributed by atoms with Gasteiger partial charge in [-0.05, 0) is 45.3 Å². The van der Waals surface area contributed by atoms with Crippen LogP contribution in [0.15, 0.2) is 42.9 Å². The maximum absolute atomic E-state index is 8.15. The first-order chi connectivity index (χ1) is 13.6. The molecule has 0 aliphatic rings. The zero-order valence-electron chi connectivity index (χ0n) is 18.8. The van der Waals surface area contributed by atoms with Crippen molar-refractivity contribution < 1.29 is 8.68 Å². The second-order valence-electron chi connectivity index (χ2n) is 7.02. The molecular formula is C22H25N4+. The summed E-state index contributed by atoms with van der Waals surface area (Å²) in [4.78, 5) is 4.41.